The van der Waals surface area contributed by atoms with Crippen LogP contribution in [0.5, 0.6) is 0 Å². The number of hydrogen-bond acceptors (Lipinski definition) is 2. The second-order valence-electron chi connectivity index (χ2n) is 3.38. The van der Waals surface area contributed by atoms with E-state index < -0.39 is 0 Å². The first-order valence-electron chi connectivity index (χ1n) is 5.09. The van der Waals surface area contributed by atoms with Crippen molar-refractivity contribution in [3.63, 3.8) is 0 Å². The second kappa shape index (κ2) is 5.43. The van der Waals surface area contributed by atoms with E-state index in [4.69, 9.17) is 0 Å². The molecule has 0 fully saturated rings. The quantitative estimate of drug-likeness (QED) is 0.770. The minimum atomic E-state index is 1.06. The summed E-state index contributed by atoms with van der Waals surface area (Å²) in [4.78, 5) is 4.08. The Balaban J connectivity index is 2.78. The van der Waals surface area contributed by atoms with Crippen molar-refractivity contribution in [2.75, 3.05) is 12.4 Å². The fraction of sp³-hybridized carbons (Fsp3) is 0.417. The van der Waals surface area contributed by atoms with E-state index in [1.54, 1.807) is 0 Å². The van der Waals surface area contributed by atoms with Gasteiger partial charge in [0.15, 0.2) is 0 Å². The number of hydrogen-bond donors (Lipinski definition) is 1. The lowest BCUT2D eigenvalue weighted by Gasteiger charge is -2.10. The molecule has 0 radical (unpaired) electrons. The van der Waals surface area contributed by atoms with Gasteiger partial charge in [-0.3, -0.25) is 4.98 Å². The molecule has 0 spiro atoms. The van der Waals surface area contributed by atoms with Crippen molar-refractivity contribution in [2.45, 2.75) is 26.2 Å². The summed E-state index contributed by atoms with van der Waals surface area (Å²) in [7, 11) is 1.91. The first-order chi connectivity index (χ1) is 6.79. The molecule has 2 nitrogen and oxygen atoms in total. The summed E-state index contributed by atoms with van der Waals surface area (Å²) in [6.07, 6.45) is 7.12. The van der Waals surface area contributed by atoms with E-state index in [0.29, 0.717) is 0 Å². The molecule has 1 rings (SSSR count). The number of nitrogens with zero attached hydrogens (tertiary/aromatic N) is 1. The first-order valence-corrected chi connectivity index (χ1v) is 5.09. The van der Waals surface area contributed by atoms with Crippen molar-refractivity contribution in [2.24, 2.45) is 0 Å². The van der Waals surface area contributed by atoms with Crippen LogP contribution >= 0.6 is 0 Å². The highest BCUT2D eigenvalue weighted by molar-refractivity contribution is 5.74. The topological polar surface area (TPSA) is 24.9 Å². The second-order valence-corrected chi connectivity index (χ2v) is 3.38. The molecule has 0 unspecified atom stereocenters. The monoisotopic (exact) mass is 190 g/mol. The van der Waals surface area contributed by atoms with Crippen LogP contribution < -0.4 is 5.32 Å². The lowest BCUT2D eigenvalue weighted by atomic mass is 10.0. The zero-order valence-corrected chi connectivity index (χ0v) is 9.01. The largest absolute Gasteiger partial charge is 0.386 e. The zero-order valence-electron chi connectivity index (χ0n) is 9.01. The van der Waals surface area contributed by atoms with Crippen molar-refractivity contribution in [3.05, 3.63) is 30.6 Å². The first kappa shape index (κ1) is 10.8. The maximum Gasteiger partial charge on any atom is 0.0600 e. The number of aromatic nitrogens is 1. The summed E-state index contributed by atoms with van der Waals surface area (Å²) in [6, 6.07) is 2.02. The Kier molecular flexibility index (Phi) is 4.17. The van der Waals surface area contributed by atoms with E-state index in [9.17, 15) is 0 Å². The van der Waals surface area contributed by atoms with Crippen LogP contribution in [-0.4, -0.2) is 12.0 Å². The minimum Gasteiger partial charge on any atom is -0.386 e. The molecule has 2 heteroatoms. The number of allylic oxidation sites excluding steroid dienone is 1. The Bertz CT molecular complexity index is 305. The van der Waals surface area contributed by atoms with Gasteiger partial charge in [0.05, 0.1) is 11.9 Å². The van der Waals surface area contributed by atoms with E-state index in [1.165, 1.54) is 24.0 Å². The molecule has 0 aliphatic heterocycles. The van der Waals surface area contributed by atoms with Gasteiger partial charge in [-0.05, 0) is 24.5 Å². The molecule has 0 bridgehead atoms. The average molecular weight is 190 g/mol. The SMILES string of the molecule is C=C(CCCC)c1ccncc1NC. The van der Waals surface area contributed by atoms with Gasteiger partial charge >= 0.3 is 0 Å². The summed E-state index contributed by atoms with van der Waals surface area (Å²) in [5, 5.41) is 3.13. The van der Waals surface area contributed by atoms with E-state index >= 15 is 0 Å². The van der Waals surface area contributed by atoms with Gasteiger partial charge in [-0.25, -0.2) is 0 Å². The van der Waals surface area contributed by atoms with Crippen LogP contribution in [0.4, 0.5) is 5.69 Å². The summed E-state index contributed by atoms with van der Waals surface area (Å²) < 4.78 is 0. The van der Waals surface area contributed by atoms with E-state index in [2.05, 4.69) is 23.8 Å². The number of nitrogens with one attached hydrogen (secondary N) is 1. The molecule has 1 aromatic heterocycles. The standard InChI is InChI=1S/C12H18N2/c1-4-5-6-10(2)11-7-8-14-9-12(11)13-3/h7-9,13H,2,4-6H2,1,3H3. The van der Waals surface area contributed by atoms with Gasteiger partial charge in [0.2, 0.25) is 0 Å². The molecule has 0 aliphatic rings. The van der Waals surface area contributed by atoms with Crippen LogP contribution in [0.25, 0.3) is 5.57 Å². The highest BCUT2D eigenvalue weighted by Crippen LogP contribution is 2.24. The van der Waals surface area contributed by atoms with Crippen molar-refractivity contribution < 1.29 is 0 Å². The number of anilines is 1. The van der Waals surface area contributed by atoms with Gasteiger partial charge in [0, 0.05) is 18.8 Å². The smallest absolute Gasteiger partial charge is 0.0600 e. The lowest BCUT2D eigenvalue weighted by Crippen LogP contribution is -1.95. The molecule has 14 heavy (non-hydrogen) atoms. The number of unbranched alkanes of at least 4 members (excludes halogenated alkanes) is 1. The molecule has 0 saturated carbocycles. The van der Waals surface area contributed by atoms with Crippen LogP contribution in [0.2, 0.25) is 0 Å². The summed E-state index contributed by atoms with van der Waals surface area (Å²) >= 11 is 0. The van der Waals surface area contributed by atoms with Crippen molar-refractivity contribution >= 4 is 11.3 Å². The van der Waals surface area contributed by atoms with Gasteiger partial charge < -0.3 is 5.32 Å². The fourth-order valence-corrected chi connectivity index (χ4v) is 1.43. The van der Waals surface area contributed by atoms with Gasteiger partial charge in [-0.2, -0.15) is 0 Å². The predicted octanol–water partition coefficient (Wildman–Crippen LogP) is 3.33. The Labute approximate surface area is 86.1 Å². The van der Waals surface area contributed by atoms with Gasteiger partial charge in [-0.15, -0.1) is 0 Å². The van der Waals surface area contributed by atoms with Crippen LogP contribution in [0.15, 0.2) is 25.0 Å². The minimum absolute atomic E-state index is 1.06. The van der Waals surface area contributed by atoms with Crippen molar-refractivity contribution in [1.29, 1.82) is 0 Å². The normalized spacial score (nSPS) is 9.86. The van der Waals surface area contributed by atoms with Crippen molar-refractivity contribution in [3.8, 4) is 0 Å². The van der Waals surface area contributed by atoms with Gasteiger partial charge in [-0.1, -0.05) is 19.9 Å². The summed E-state index contributed by atoms with van der Waals surface area (Å²) in [5.41, 5.74) is 3.45. The van der Waals surface area contributed by atoms with Crippen molar-refractivity contribution in [1.82, 2.24) is 4.98 Å². The van der Waals surface area contributed by atoms with E-state index in [1.807, 2.05) is 25.5 Å². The lowest BCUT2D eigenvalue weighted by molar-refractivity contribution is 0.825. The highest BCUT2D eigenvalue weighted by Gasteiger charge is 2.03. The molecule has 1 N–H and O–H groups in total. The summed E-state index contributed by atoms with van der Waals surface area (Å²) in [5.74, 6) is 0. The molecular formula is C12H18N2. The third kappa shape index (κ3) is 2.59. The Morgan fingerprint density at radius 3 is 3.00 bits per heavy atom. The third-order valence-corrected chi connectivity index (χ3v) is 2.30. The summed E-state index contributed by atoms with van der Waals surface area (Å²) in [6.45, 7) is 6.30. The third-order valence-electron chi connectivity index (χ3n) is 2.30. The fourth-order valence-electron chi connectivity index (χ4n) is 1.43. The average Bonchev–Trinajstić information content (AvgIpc) is 2.25. The number of rotatable bonds is 5. The van der Waals surface area contributed by atoms with Crippen LogP contribution in [-0.2, 0) is 0 Å². The molecular weight excluding hydrogens is 172 g/mol. The van der Waals surface area contributed by atoms with Crippen LogP contribution in [0.3, 0.4) is 0 Å². The molecule has 1 heterocycles. The Morgan fingerprint density at radius 1 is 1.57 bits per heavy atom. The van der Waals surface area contributed by atoms with Gasteiger partial charge in [0.25, 0.3) is 0 Å². The van der Waals surface area contributed by atoms with Gasteiger partial charge in [0.1, 0.15) is 0 Å². The Hall–Kier alpha value is -1.31. The zero-order chi connectivity index (χ0) is 10.4. The van der Waals surface area contributed by atoms with E-state index in [0.717, 1.165) is 12.1 Å². The molecule has 0 amide bonds. The highest BCUT2D eigenvalue weighted by atomic mass is 14.8. The molecule has 0 aliphatic carbocycles. The van der Waals surface area contributed by atoms with E-state index in [-0.39, 0.29) is 0 Å². The predicted molar refractivity (Wildman–Crippen MR) is 62.3 cm³/mol. The number of pyridine rings is 1. The molecule has 76 valence electrons. The maximum absolute atomic E-state index is 4.10. The Morgan fingerprint density at radius 2 is 2.36 bits per heavy atom. The molecule has 0 atom stereocenters. The molecule has 1 aromatic rings. The van der Waals surface area contributed by atoms with Crippen LogP contribution in [0.1, 0.15) is 31.7 Å². The van der Waals surface area contributed by atoms with Crippen LogP contribution in [0, 0.1) is 0 Å². The maximum atomic E-state index is 4.10. The molecule has 0 saturated heterocycles. The molecule has 0 aromatic carbocycles.